The number of hydrogen-bond donors (Lipinski definition) is 2. The van der Waals surface area contributed by atoms with Gasteiger partial charge in [-0.1, -0.05) is 28.2 Å². The first kappa shape index (κ1) is 24.0. The third-order valence-corrected chi connectivity index (χ3v) is 5.86. The minimum Gasteiger partial charge on any atom is -0.452 e. The van der Waals surface area contributed by atoms with Crippen molar-refractivity contribution in [1.29, 1.82) is 0 Å². The molecule has 0 heterocycles. The number of hydroxylamine groups is 1. The van der Waals surface area contributed by atoms with Crippen LogP contribution in [0.4, 0.5) is 10.5 Å². The van der Waals surface area contributed by atoms with Crippen molar-refractivity contribution in [2.24, 2.45) is 0 Å². The second-order valence-corrected chi connectivity index (χ2v) is 8.46. The van der Waals surface area contributed by atoms with Crippen molar-refractivity contribution < 1.29 is 32.4 Å². The van der Waals surface area contributed by atoms with E-state index < -0.39 is 34.5 Å². The van der Waals surface area contributed by atoms with Crippen molar-refractivity contribution in [2.45, 2.75) is 18.7 Å². The molecule has 2 N–H and O–H groups in total. The molecule has 0 unspecified atom stereocenters. The number of aryl methyl sites for hydroxylation is 2. The molecule has 2 aromatic rings. The third-order valence-electron chi connectivity index (χ3n) is 4.18. The topological polar surface area (TPSA) is 131 Å². The molecule has 3 amide bonds. The van der Waals surface area contributed by atoms with Gasteiger partial charge in [0, 0.05) is 12.7 Å². The van der Waals surface area contributed by atoms with Gasteiger partial charge in [0.15, 0.2) is 6.61 Å². The number of ether oxygens (including phenoxy) is 1. The summed E-state index contributed by atoms with van der Waals surface area (Å²) >= 11 is 0. The smallest absolute Gasteiger partial charge is 0.338 e. The number of imide groups is 1. The summed E-state index contributed by atoms with van der Waals surface area (Å²) in [5.41, 5.74) is 2.30. The second kappa shape index (κ2) is 10.2. The summed E-state index contributed by atoms with van der Waals surface area (Å²) in [5.74, 6) is -1.78. The van der Waals surface area contributed by atoms with Gasteiger partial charge < -0.3 is 10.1 Å². The first-order valence-electron chi connectivity index (χ1n) is 9.03. The Labute approximate surface area is 180 Å². The quantitative estimate of drug-likeness (QED) is 0.488. The van der Waals surface area contributed by atoms with Crippen LogP contribution in [0.1, 0.15) is 21.5 Å². The molecule has 0 radical (unpaired) electrons. The van der Waals surface area contributed by atoms with E-state index in [4.69, 9.17) is 4.74 Å². The zero-order valence-electron chi connectivity index (χ0n) is 17.5. The van der Waals surface area contributed by atoms with Crippen molar-refractivity contribution in [1.82, 2.24) is 9.79 Å². The van der Waals surface area contributed by atoms with E-state index in [9.17, 15) is 22.8 Å². The molecule has 11 heteroatoms. The molecule has 0 bridgehead atoms. The van der Waals surface area contributed by atoms with Crippen LogP contribution in [0, 0.1) is 13.8 Å². The lowest BCUT2D eigenvalue weighted by molar-refractivity contribution is -0.123. The molecular formula is C20H23N3O7S. The monoisotopic (exact) mass is 449 g/mol. The predicted octanol–water partition coefficient (Wildman–Crippen LogP) is 1.99. The van der Waals surface area contributed by atoms with Crippen molar-refractivity contribution in [3.8, 4) is 0 Å². The molecule has 0 saturated carbocycles. The fourth-order valence-corrected chi connectivity index (χ4v) is 3.53. The lowest BCUT2D eigenvalue weighted by atomic mass is 10.1. The number of carbonyl (C=O) groups excluding carboxylic acids is 3. The van der Waals surface area contributed by atoms with Gasteiger partial charge in [-0.05, 0) is 43.7 Å². The number of sulfonamides is 1. The van der Waals surface area contributed by atoms with Gasteiger partial charge in [0.2, 0.25) is 0 Å². The number of benzene rings is 2. The minimum absolute atomic E-state index is 0.0851. The zero-order valence-corrected chi connectivity index (χ0v) is 18.3. The van der Waals surface area contributed by atoms with Gasteiger partial charge in [0.25, 0.3) is 15.9 Å². The van der Waals surface area contributed by atoms with Crippen molar-refractivity contribution >= 4 is 33.6 Å². The molecule has 0 spiro atoms. The first-order chi connectivity index (χ1) is 14.5. The Balaban J connectivity index is 1.94. The van der Waals surface area contributed by atoms with E-state index in [0.29, 0.717) is 10.2 Å². The van der Waals surface area contributed by atoms with Crippen LogP contribution >= 0.6 is 0 Å². The van der Waals surface area contributed by atoms with Crippen LogP contribution in [-0.4, -0.2) is 51.6 Å². The van der Waals surface area contributed by atoms with Gasteiger partial charge in [-0.25, -0.2) is 18.0 Å². The van der Waals surface area contributed by atoms with Crippen LogP contribution in [0.15, 0.2) is 47.4 Å². The summed E-state index contributed by atoms with van der Waals surface area (Å²) in [5, 5.41) is 4.58. The molecule has 2 rings (SSSR count). The molecule has 0 atom stereocenters. The van der Waals surface area contributed by atoms with Crippen LogP contribution in [0.3, 0.4) is 0 Å². The Morgan fingerprint density at radius 3 is 2.42 bits per heavy atom. The summed E-state index contributed by atoms with van der Waals surface area (Å²) in [6.45, 7) is 2.99. The molecular weight excluding hydrogens is 426 g/mol. The average molecular weight is 449 g/mol. The number of carbonyl (C=O) groups is 3. The van der Waals surface area contributed by atoms with Gasteiger partial charge in [0.1, 0.15) is 0 Å². The average Bonchev–Trinajstić information content (AvgIpc) is 2.73. The summed E-state index contributed by atoms with van der Waals surface area (Å²) < 4.78 is 30.0. The molecule has 31 heavy (non-hydrogen) atoms. The van der Waals surface area contributed by atoms with Crippen molar-refractivity contribution in [3.05, 3.63) is 59.2 Å². The number of esters is 1. The molecule has 0 saturated heterocycles. The predicted molar refractivity (Wildman–Crippen MR) is 112 cm³/mol. The highest BCUT2D eigenvalue weighted by molar-refractivity contribution is 7.89. The van der Waals surface area contributed by atoms with Crippen LogP contribution < -0.4 is 10.6 Å². The number of hydrogen-bond acceptors (Lipinski definition) is 7. The van der Waals surface area contributed by atoms with Gasteiger partial charge in [-0.15, -0.1) is 0 Å². The fraction of sp³-hybridized carbons (Fsp3) is 0.250. The van der Waals surface area contributed by atoms with Gasteiger partial charge in [-0.2, -0.15) is 0 Å². The number of amides is 3. The normalized spacial score (nSPS) is 11.1. The zero-order chi connectivity index (χ0) is 23.2. The highest BCUT2D eigenvalue weighted by Gasteiger charge is 2.22. The Hall–Kier alpha value is -3.28. The van der Waals surface area contributed by atoms with Gasteiger partial charge >= 0.3 is 12.0 Å². The molecule has 2 aromatic carbocycles. The largest absolute Gasteiger partial charge is 0.452 e. The summed E-state index contributed by atoms with van der Waals surface area (Å²) in [4.78, 5) is 40.5. The molecule has 0 aromatic heterocycles. The Bertz CT molecular complexity index is 1100. The third kappa shape index (κ3) is 6.35. The molecule has 166 valence electrons. The summed E-state index contributed by atoms with van der Waals surface area (Å²) in [7, 11) is -1.57. The fourth-order valence-electron chi connectivity index (χ4n) is 2.51. The van der Waals surface area contributed by atoms with E-state index in [0.717, 1.165) is 17.2 Å². The maximum absolute atomic E-state index is 12.3. The molecule has 0 aliphatic carbocycles. The maximum Gasteiger partial charge on any atom is 0.338 e. The Morgan fingerprint density at radius 2 is 1.77 bits per heavy atom. The van der Waals surface area contributed by atoms with E-state index in [1.165, 1.54) is 32.4 Å². The van der Waals surface area contributed by atoms with Crippen LogP contribution in [0.5, 0.6) is 0 Å². The van der Waals surface area contributed by atoms with E-state index in [-0.39, 0.29) is 10.5 Å². The van der Waals surface area contributed by atoms with Crippen LogP contribution in [0.25, 0.3) is 0 Å². The van der Waals surface area contributed by atoms with E-state index in [2.05, 4.69) is 10.2 Å². The number of rotatable bonds is 7. The van der Waals surface area contributed by atoms with E-state index >= 15 is 0 Å². The van der Waals surface area contributed by atoms with Crippen LogP contribution in [0.2, 0.25) is 0 Å². The molecule has 10 nitrogen and oxygen atoms in total. The standard InChI is InChI=1S/C20H23N3O7S/c1-13-8-9-17(14(2)10-13)21-20(26)22-18(24)12-30-19(25)15-6-5-7-16(11-15)31(27,28)23(3)29-4/h5-11H,12H2,1-4H3,(H2,21,22,24,26). The molecule has 0 aliphatic rings. The maximum atomic E-state index is 12.3. The number of urea groups is 1. The van der Waals surface area contributed by atoms with E-state index in [1.807, 2.05) is 31.3 Å². The Kier molecular flexibility index (Phi) is 7.86. The first-order valence-corrected chi connectivity index (χ1v) is 10.5. The van der Waals surface area contributed by atoms with Crippen LogP contribution in [-0.2, 0) is 24.4 Å². The second-order valence-electron chi connectivity index (χ2n) is 6.52. The molecule has 0 fully saturated rings. The van der Waals surface area contributed by atoms with Crippen molar-refractivity contribution in [3.63, 3.8) is 0 Å². The van der Waals surface area contributed by atoms with E-state index in [1.54, 1.807) is 6.07 Å². The lowest BCUT2D eigenvalue weighted by Crippen LogP contribution is -2.37. The summed E-state index contributed by atoms with van der Waals surface area (Å²) in [6, 6.07) is 9.68. The number of nitrogens with one attached hydrogen (secondary N) is 2. The highest BCUT2D eigenvalue weighted by atomic mass is 32.2. The van der Waals surface area contributed by atoms with Gasteiger partial charge in [-0.3, -0.25) is 14.9 Å². The highest BCUT2D eigenvalue weighted by Crippen LogP contribution is 2.17. The van der Waals surface area contributed by atoms with Crippen molar-refractivity contribution in [2.75, 3.05) is 26.1 Å². The number of anilines is 1. The number of nitrogens with zero attached hydrogens (tertiary/aromatic N) is 1. The minimum atomic E-state index is -3.96. The van der Waals surface area contributed by atoms with Gasteiger partial charge in [0.05, 0.1) is 17.6 Å². The summed E-state index contributed by atoms with van der Waals surface area (Å²) in [6.07, 6.45) is 0. The Morgan fingerprint density at radius 1 is 1.06 bits per heavy atom. The molecule has 0 aliphatic heterocycles. The lowest BCUT2D eigenvalue weighted by Gasteiger charge is -2.14. The SMILES string of the molecule is CON(C)S(=O)(=O)c1cccc(C(=O)OCC(=O)NC(=O)Nc2ccc(C)cc2C)c1.